The highest BCUT2D eigenvalue weighted by Gasteiger charge is 2.45. The maximum absolute atomic E-state index is 13.6. The molecule has 2 heterocycles. The van der Waals surface area contributed by atoms with Crippen molar-refractivity contribution in [2.45, 2.75) is 51.9 Å². The molecule has 0 saturated heterocycles. The summed E-state index contributed by atoms with van der Waals surface area (Å²) in [6, 6.07) is 10.8. The Morgan fingerprint density at radius 3 is 2.62 bits per heavy atom. The number of esters is 1. The van der Waals surface area contributed by atoms with Crippen molar-refractivity contribution in [3.05, 3.63) is 53.1 Å². The van der Waals surface area contributed by atoms with Crippen molar-refractivity contribution >= 4 is 23.7 Å². The van der Waals surface area contributed by atoms with Gasteiger partial charge in [-0.2, -0.15) is 0 Å². The Morgan fingerprint density at radius 1 is 1.00 bits per heavy atom. The van der Waals surface area contributed by atoms with E-state index < -0.39 is 5.41 Å². The van der Waals surface area contributed by atoms with Gasteiger partial charge in [-0.1, -0.05) is 18.9 Å². The highest BCUT2D eigenvalue weighted by Crippen LogP contribution is 2.43. The number of ether oxygens (including phenoxy) is 4. The molecular formula is C34H43N3O8. The first kappa shape index (κ1) is 32.1. The number of hydrogen-bond acceptors (Lipinski definition) is 8. The Hall–Kier alpha value is -4.28. The highest BCUT2D eigenvalue weighted by atomic mass is 16.5. The fourth-order valence-electron chi connectivity index (χ4n) is 6.06. The van der Waals surface area contributed by atoms with Crippen LogP contribution in [0.25, 0.3) is 0 Å². The van der Waals surface area contributed by atoms with E-state index in [2.05, 4.69) is 10.6 Å². The van der Waals surface area contributed by atoms with Gasteiger partial charge in [0.15, 0.2) is 18.1 Å². The van der Waals surface area contributed by atoms with Gasteiger partial charge < -0.3 is 34.5 Å². The summed E-state index contributed by atoms with van der Waals surface area (Å²) in [6.07, 6.45) is 4.31. The number of nitrogens with zero attached hydrogens (tertiary/aromatic N) is 1. The minimum Gasteiger partial charge on any atom is -0.493 e. The van der Waals surface area contributed by atoms with Crippen molar-refractivity contribution in [2.75, 3.05) is 53.1 Å². The van der Waals surface area contributed by atoms with Crippen LogP contribution < -0.4 is 24.8 Å². The number of fused-ring (bicyclic) bond motifs is 3. The normalized spacial score (nSPS) is 21.2. The molecule has 2 N–H and O–H groups in total. The summed E-state index contributed by atoms with van der Waals surface area (Å²) in [6.45, 7) is 3.27. The summed E-state index contributed by atoms with van der Waals surface area (Å²) in [5.74, 6) is 0.921. The maximum atomic E-state index is 13.6. The zero-order valence-electron chi connectivity index (χ0n) is 26.2. The van der Waals surface area contributed by atoms with Crippen molar-refractivity contribution in [1.29, 1.82) is 0 Å². The standard InChI is InChI=1S/C34H43N3O8/c1-3-43-33(41)34(19-23-6-7-23)20-24-8-10-28(42-2)29(17-24)45-21-31(39)35-13-15-37(14-4-5-30(38)36-22-34)32(40)26-9-11-27-25(18-26)12-16-44-27/h8-11,17-18,23H,3-7,12-16,19-22H2,1-2H3,(H,35,39)(H,36,38). The SMILES string of the molecule is CCOC(=O)C1(CC2CC2)CNC(=O)CCCN(C(=O)c2ccc3c(c2)CCO3)CCNC(=O)COc2cc(ccc2OC)C1. The van der Waals surface area contributed by atoms with Crippen LogP contribution in [0.15, 0.2) is 36.4 Å². The fourth-order valence-corrected chi connectivity index (χ4v) is 6.06. The molecule has 45 heavy (non-hydrogen) atoms. The van der Waals surface area contributed by atoms with E-state index in [1.165, 1.54) is 7.11 Å². The molecule has 11 nitrogen and oxygen atoms in total. The monoisotopic (exact) mass is 621 g/mol. The second-order valence-electron chi connectivity index (χ2n) is 12.0. The number of methoxy groups -OCH3 is 1. The Morgan fingerprint density at radius 2 is 1.84 bits per heavy atom. The highest BCUT2D eigenvalue weighted by molar-refractivity contribution is 5.94. The minimum absolute atomic E-state index is 0.131. The third-order valence-electron chi connectivity index (χ3n) is 8.60. The average Bonchev–Trinajstić information content (AvgIpc) is 3.72. The molecule has 0 aromatic heterocycles. The summed E-state index contributed by atoms with van der Waals surface area (Å²) in [7, 11) is 1.52. The number of carbonyl (C=O) groups excluding carboxylic acids is 4. The van der Waals surface area contributed by atoms with Crippen LogP contribution in [0, 0.1) is 11.3 Å². The van der Waals surface area contributed by atoms with Crippen molar-refractivity contribution in [3.8, 4) is 17.2 Å². The van der Waals surface area contributed by atoms with Gasteiger partial charge in [-0.25, -0.2) is 0 Å². The summed E-state index contributed by atoms with van der Waals surface area (Å²) in [4.78, 5) is 54.7. The molecule has 11 heteroatoms. The van der Waals surface area contributed by atoms with Gasteiger partial charge in [0.25, 0.3) is 11.8 Å². The van der Waals surface area contributed by atoms with E-state index in [4.69, 9.17) is 18.9 Å². The molecule has 0 spiro atoms. The van der Waals surface area contributed by atoms with E-state index >= 15 is 0 Å². The Labute approximate surface area is 263 Å². The van der Waals surface area contributed by atoms with E-state index in [0.29, 0.717) is 55.4 Å². The molecule has 1 aliphatic carbocycles. The fraction of sp³-hybridized carbons (Fsp3) is 0.529. The Kier molecular flexibility index (Phi) is 10.5. The molecular weight excluding hydrogens is 578 g/mol. The summed E-state index contributed by atoms with van der Waals surface area (Å²) < 4.78 is 22.5. The molecule has 242 valence electrons. The molecule has 2 aliphatic heterocycles. The van der Waals surface area contributed by atoms with Crippen LogP contribution in [0.1, 0.15) is 60.5 Å². The summed E-state index contributed by atoms with van der Waals surface area (Å²) in [5.41, 5.74) is 1.36. The first-order valence-electron chi connectivity index (χ1n) is 15.9. The van der Waals surface area contributed by atoms with Crippen molar-refractivity contribution in [2.24, 2.45) is 11.3 Å². The Balaban J connectivity index is 1.38. The number of nitrogens with one attached hydrogen (secondary N) is 2. The largest absolute Gasteiger partial charge is 0.493 e. The Bertz CT molecular complexity index is 1410. The van der Waals surface area contributed by atoms with Gasteiger partial charge in [0.2, 0.25) is 5.91 Å². The number of rotatable bonds is 6. The van der Waals surface area contributed by atoms with Crippen LogP contribution in [-0.4, -0.2) is 81.7 Å². The van der Waals surface area contributed by atoms with E-state index in [1.54, 1.807) is 30.0 Å². The zero-order valence-corrected chi connectivity index (χ0v) is 26.2. The predicted octanol–water partition coefficient (Wildman–Crippen LogP) is 3.07. The molecule has 1 fully saturated rings. The quantitative estimate of drug-likeness (QED) is 0.471. The number of hydrogen-bond donors (Lipinski definition) is 2. The van der Waals surface area contributed by atoms with Gasteiger partial charge >= 0.3 is 5.97 Å². The van der Waals surface area contributed by atoms with E-state index in [9.17, 15) is 19.2 Å². The smallest absolute Gasteiger partial charge is 0.314 e. The van der Waals surface area contributed by atoms with Gasteiger partial charge in [0.05, 0.1) is 25.7 Å². The van der Waals surface area contributed by atoms with Crippen molar-refractivity contribution < 1.29 is 38.1 Å². The summed E-state index contributed by atoms with van der Waals surface area (Å²) in [5, 5.41) is 5.85. The molecule has 5 rings (SSSR count). The van der Waals surface area contributed by atoms with E-state index in [0.717, 1.165) is 36.1 Å². The van der Waals surface area contributed by atoms with Gasteiger partial charge in [-0.3, -0.25) is 19.2 Å². The molecule has 2 aromatic rings. The van der Waals surface area contributed by atoms with Gasteiger partial charge in [0.1, 0.15) is 5.75 Å². The molecule has 1 saturated carbocycles. The first-order chi connectivity index (χ1) is 21.8. The molecule has 3 amide bonds. The lowest BCUT2D eigenvalue weighted by Crippen LogP contribution is -2.46. The predicted molar refractivity (Wildman–Crippen MR) is 165 cm³/mol. The van der Waals surface area contributed by atoms with Crippen LogP contribution in [-0.2, 0) is 32.0 Å². The summed E-state index contributed by atoms with van der Waals surface area (Å²) >= 11 is 0. The lowest BCUT2D eigenvalue weighted by atomic mass is 9.76. The second kappa shape index (κ2) is 14.7. The second-order valence-corrected chi connectivity index (χ2v) is 12.0. The average molecular weight is 622 g/mol. The molecule has 3 aliphatic rings. The van der Waals surface area contributed by atoms with Gasteiger partial charge in [0, 0.05) is 44.6 Å². The van der Waals surface area contributed by atoms with Crippen LogP contribution in [0.4, 0.5) is 0 Å². The topological polar surface area (TPSA) is 133 Å². The van der Waals surface area contributed by atoms with Crippen molar-refractivity contribution in [3.63, 3.8) is 0 Å². The zero-order chi connectivity index (χ0) is 31.8. The molecule has 1 atom stereocenters. The van der Waals surface area contributed by atoms with Gasteiger partial charge in [-0.15, -0.1) is 0 Å². The molecule has 2 bridgehead atoms. The van der Waals surface area contributed by atoms with Crippen molar-refractivity contribution in [1.82, 2.24) is 15.5 Å². The van der Waals surface area contributed by atoms with Crippen LogP contribution in [0.5, 0.6) is 17.2 Å². The van der Waals surface area contributed by atoms with E-state index in [1.807, 2.05) is 18.2 Å². The molecule has 0 radical (unpaired) electrons. The van der Waals surface area contributed by atoms with E-state index in [-0.39, 0.29) is 63.0 Å². The third-order valence-corrected chi connectivity index (χ3v) is 8.60. The molecule has 2 aromatic carbocycles. The van der Waals surface area contributed by atoms with Crippen LogP contribution in [0.3, 0.4) is 0 Å². The van der Waals surface area contributed by atoms with Crippen LogP contribution >= 0.6 is 0 Å². The minimum atomic E-state index is -0.971. The number of carbonyl (C=O) groups is 4. The molecule has 1 unspecified atom stereocenters. The maximum Gasteiger partial charge on any atom is 0.314 e. The van der Waals surface area contributed by atoms with Gasteiger partial charge in [-0.05, 0) is 73.6 Å². The number of benzene rings is 2. The lowest BCUT2D eigenvalue weighted by Gasteiger charge is -2.32. The number of amides is 3. The third kappa shape index (κ3) is 8.26. The van der Waals surface area contributed by atoms with Crippen LogP contribution in [0.2, 0.25) is 0 Å². The lowest BCUT2D eigenvalue weighted by molar-refractivity contribution is -0.156. The first-order valence-corrected chi connectivity index (χ1v) is 15.9.